The smallest absolute Gasteiger partial charge is 0.275 e. The zero-order valence-electron chi connectivity index (χ0n) is 8.36. The molecule has 0 spiro atoms. The molecule has 0 aromatic heterocycles. The molecule has 0 aliphatic carbocycles. The Morgan fingerprint density at radius 1 is 1.53 bits per heavy atom. The van der Waals surface area contributed by atoms with Gasteiger partial charge in [-0.25, -0.2) is 0 Å². The van der Waals surface area contributed by atoms with Crippen molar-refractivity contribution in [1.82, 2.24) is 5.32 Å². The van der Waals surface area contributed by atoms with Gasteiger partial charge in [-0.1, -0.05) is 11.6 Å². The molecule has 0 atom stereocenters. The minimum Gasteiger partial charge on any atom is -0.382 e. The molecule has 80 valence electrons. The van der Waals surface area contributed by atoms with Gasteiger partial charge in [0.1, 0.15) is 5.60 Å². The molecule has 1 saturated heterocycles. The quantitative estimate of drug-likeness (QED) is 0.554. The number of aryl methyl sites for hydroxylation is 1. The van der Waals surface area contributed by atoms with Crippen molar-refractivity contribution in [2.24, 2.45) is 0 Å². The highest BCUT2D eigenvalue weighted by Crippen LogP contribution is 2.33. The fourth-order valence-electron chi connectivity index (χ4n) is 1.73. The molecule has 0 unspecified atom stereocenters. The normalized spacial score (nSPS) is 18.3. The Hall–Kier alpha value is -1.46. The summed E-state index contributed by atoms with van der Waals surface area (Å²) in [5.74, 6) is 0. The predicted molar refractivity (Wildman–Crippen MR) is 54.6 cm³/mol. The lowest BCUT2D eigenvalue weighted by molar-refractivity contribution is -0.386. The topological polar surface area (TPSA) is 75.4 Å². The van der Waals surface area contributed by atoms with Gasteiger partial charge in [-0.15, -0.1) is 0 Å². The molecule has 2 N–H and O–H groups in total. The molecule has 1 aliphatic heterocycles. The van der Waals surface area contributed by atoms with E-state index in [1.54, 1.807) is 12.1 Å². The standard InChI is InChI=1S/C10H12N2O3/c1-7-2-3-9(12(14)15)8(4-7)10(13)5-11-6-10/h2-4,11,13H,5-6H2,1H3. The van der Waals surface area contributed by atoms with E-state index in [9.17, 15) is 15.2 Å². The van der Waals surface area contributed by atoms with Gasteiger partial charge < -0.3 is 10.4 Å². The number of benzene rings is 1. The molecular formula is C10H12N2O3. The van der Waals surface area contributed by atoms with Crippen molar-refractivity contribution >= 4 is 5.69 Å². The van der Waals surface area contributed by atoms with E-state index in [2.05, 4.69) is 5.32 Å². The van der Waals surface area contributed by atoms with E-state index in [4.69, 9.17) is 0 Å². The van der Waals surface area contributed by atoms with E-state index < -0.39 is 10.5 Å². The van der Waals surface area contributed by atoms with Gasteiger partial charge in [0.15, 0.2) is 0 Å². The van der Waals surface area contributed by atoms with Crippen LogP contribution in [-0.2, 0) is 5.60 Å². The monoisotopic (exact) mass is 208 g/mol. The van der Waals surface area contributed by atoms with Gasteiger partial charge in [-0.05, 0) is 13.0 Å². The summed E-state index contributed by atoms with van der Waals surface area (Å²) in [7, 11) is 0. The number of aliphatic hydroxyl groups is 1. The molecule has 0 amide bonds. The van der Waals surface area contributed by atoms with Crippen LogP contribution < -0.4 is 5.32 Å². The van der Waals surface area contributed by atoms with Crippen LogP contribution in [0.3, 0.4) is 0 Å². The summed E-state index contributed by atoms with van der Waals surface area (Å²) in [5.41, 5.74) is 0.237. The molecule has 1 aliphatic rings. The number of nitrogens with one attached hydrogen (secondary N) is 1. The lowest BCUT2D eigenvalue weighted by Gasteiger charge is -2.37. The van der Waals surface area contributed by atoms with E-state index >= 15 is 0 Å². The maximum Gasteiger partial charge on any atom is 0.275 e. The molecule has 5 nitrogen and oxygen atoms in total. The number of nitrogens with zero attached hydrogens (tertiary/aromatic N) is 1. The maximum atomic E-state index is 10.8. The van der Waals surface area contributed by atoms with Gasteiger partial charge in [0.2, 0.25) is 0 Å². The Labute approximate surface area is 86.9 Å². The molecule has 5 heteroatoms. The Morgan fingerprint density at radius 3 is 2.67 bits per heavy atom. The van der Waals surface area contributed by atoms with Crippen molar-refractivity contribution in [1.29, 1.82) is 0 Å². The first-order chi connectivity index (χ1) is 7.03. The number of nitro groups is 1. The fourth-order valence-corrected chi connectivity index (χ4v) is 1.73. The van der Waals surface area contributed by atoms with E-state index in [0.29, 0.717) is 18.7 Å². The third-order valence-electron chi connectivity index (χ3n) is 2.68. The van der Waals surface area contributed by atoms with Crippen LogP contribution in [0, 0.1) is 17.0 Å². The van der Waals surface area contributed by atoms with Crippen LogP contribution in [0.2, 0.25) is 0 Å². The number of hydrogen-bond acceptors (Lipinski definition) is 4. The van der Waals surface area contributed by atoms with Crippen LogP contribution in [0.5, 0.6) is 0 Å². The third-order valence-corrected chi connectivity index (χ3v) is 2.68. The highest BCUT2D eigenvalue weighted by Gasteiger charge is 2.41. The van der Waals surface area contributed by atoms with Gasteiger partial charge in [0, 0.05) is 19.2 Å². The summed E-state index contributed by atoms with van der Waals surface area (Å²) in [6, 6.07) is 4.80. The molecule has 0 radical (unpaired) electrons. The highest BCUT2D eigenvalue weighted by molar-refractivity contribution is 5.47. The van der Waals surface area contributed by atoms with Crippen molar-refractivity contribution in [2.75, 3.05) is 13.1 Å². The van der Waals surface area contributed by atoms with Gasteiger partial charge >= 0.3 is 0 Å². The summed E-state index contributed by atoms with van der Waals surface area (Å²) >= 11 is 0. The molecular weight excluding hydrogens is 196 g/mol. The van der Waals surface area contributed by atoms with Crippen LogP contribution in [0.4, 0.5) is 5.69 Å². The summed E-state index contributed by atoms with van der Waals surface area (Å²) in [6.45, 7) is 2.59. The maximum absolute atomic E-state index is 10.8. The van der Waals surface area contributed by atoms with E-state index in [0.717, 1.165) is 5.56 Å². The fraction of sp³-hybridized carbons (Fsp3) is 0.400. The van der Waals surface area contributed by atoms with Gasteiger partial charge in [-0.2, -0.15) is 0 Å². The van der Waals surface area contributed by atoms with Gasteiger partial charge in [0.25, 0.3) is 5.69 Å². The second-order valence-electron chi connectivity index (χ2n) is 3.91. The van der Waals surface area contributed by atoms with E-state index in [-0.39, 0.29) is 5.69 Å². The van der Waals surface area contributed by atoms with Crippen molar-refractivity contribution in [3.05, 3.63) is 39.4 Å². The molecule has 0 bridgehead atoms. The average Bonchev–Trinajstić information content (AvgIpc) is 2.13. The highest BCUT2D eigenvalue weighted by atomic mass is 16.6. The summed E-state index contributed by atoms with van der Waals surface area (Å²) in [4.78, 5) is 10.3. The Morgan fingerprint density at radius 2 is 2.20 bits per heavy atom. The van der Waals surface area contributed by atoms with Gasteiger partial charge in [-0.3, -0.25) is 10.1 Å². The average molecular weight is 208 g/mol. The number of nitro benzene ring substituents is 1. The Balaban J connectivity index is 2.52. The van der Waals surface area contributed by atoms with E-state index in [1.807, 2.05) is 6.92 Å². The lowest BCUT2D eigenvalue weighted by Crippen LogP contribution is -2.56. The molecule has 0 saturated carbocycles. The summed E-state index contributed by atoms with van der Waals surface area (Å²) in [6.07, 6.45) is 0. The number of β-amino-alcohol motifs (C(OH)–C–C–N with tert-alkyl or cyclic N) is 1. The summed E-state index contributed by atoms with van der Waals surface area (Å²) < 4.78 is 0. The zero-order chi connectivity index (χ0) is 11.1. The minimum absolute atomic E-state index is 0.00963. The van der Waals surface area contributed by atoms with Crippen molar-refractivity contribution < 1.29 is 10.0 Å². The molecule has 15 heavy (non-hydrogen) atoms. The van der Waals surface area contributed by atoms with Crippen LogP contribution in [-0.4, -0.2) is 23.1 Å². The van der Waals surface area contributed by atoms with Crippen LogP contribution in [0.1, 0.15) is 11.1 Å². The molecule has 2 rings (SSSR count). The van der Waals surface area contributed by atoms with Crippen LogP contribution in [0.15, 0.2) is 18.2 Å². The second-order valence-corrected chi connectivity index (χ2v) is 3.91. The minimum atomic E-state index is -1.07. The predicted octanol–water partition coefficient (Wildman–Crippen LogP) is 0.694. The van der Waals surface area contributed by atoms with Crippen molar-refractivity contribution in [3.8, 4) is 0 Å². The number of hydrogen-bond donors (Lipinski definition) is 2. The Kier molecular flexibility index (Phi) is 2.21. The molecule has 1 aromatic carbocycles. The zero-order valence-corrected chi connectivity index (χ0v) is 8.36. The second kappa shape index (κ2) is 3.29. The lowest BCUT2D eigenvalue weighted by atomic mass is 9.86. The van der Waals surface area contributed by atoms with Crippen molar-refractivity contribution in [3.63, 3.8) is 0 Å². The Bertz CT molecular complexity index is 413. The van der Waals surface area contributed by atoms with E-state index in [1.165, 1.54) is 6.07 Å². The first-order valence-corrected chi connectivity index (χ1v) is 4.71. The molecule has 1 aromatic rings. The van der Waals surface area contributed by atoms with Crippen LogP contribution in [0.25, 0.3) is 0 Å². The van der Waals surface area contributed by atoms with Crippen molar-refractivity contribution in [2.45, 2.75) is 12.5 Å². The molecule has 1 heterocycles. The van der Waals surface area contributed by atoms with Crippen LogP contribution >= 0.6 is 0 Å². The first-order valence-electron chi connectivity index (χ1n) is 4.71. The molecule has 1 fully saturated rings. The SMILES string of the molecule is Cc1ccc([N+](=O)[O-])c(C2(O)CNC2)c1. The summed E-state index contributed by atoms with van der Waals surface area (Å²) in [5, 5.41) is 23.8. The number of rotatable bonds is 2. The first kappa shape index (κ1) is 10.1. The third kappa shape index (κ3) is 1.60. The largest absolute Gasteiger partial charge is 0.382 e. The van der Waals surface area contributed by atoms with Gasteiger partial charge in [0.05, 0.1) is 10.5 Å².